The number of piperidine rings is 1. The summed E-state index contributed by atoms with van der Waals surface area (Å²) in [6.45, 7) is 0. The van der Waals surface area contributed by atoms with E-state index in [0.29, 0.717) is 19.3 Å². The molecule has 0 aliphatic carbocycles. The number of imide groups is 1. The highest BCUT2D eigenvalue weighted by Crippen LogP contribution is 2.00. The third-order valence-corrected chi connectivity index (χ3v) is 1.09. The summed E-state index contributed by atoms with van der Waals surface area (Å²) >= 11 is 0. The van der Waals surface area contributed by atoms with E-state index in [4.69, 9.17) is 0 Å². The second kappa shape index (κ2) is 1.94. The monoisotopic (exact) mass is 115 g/mol. The van der Waals surface area contributed by atoms with Gasteiger partial charge in [0, 0.05) is 14.3 Å². The van der Waals surface area contributed by atoms with E-state index in [2.05, 4.69) is 5.32 Å². The fourth-order valence-corrected chi connectivity index (χ4v) is 0.690. The van der Waals surface area contributed by atoms with Crippen LogP contribution in [0.5, 0.6) is 0 Å². The van der Waals surface area contributed by atoms with Gasteiger partial charge in [-0.05, 0) is 6.42 Å². The Balaban J connectivity index is 0.000000640. The number of nitrogens with one attached hydrogen (secondary N) is 1. The lowest BCUT2D eigenvalue weighted by Gasteiger charge is -2.07. The van der Waals surface area contributed by atoms with E-state index < -0.39 is 0 Å². The highest BCUT2D eigenvalue weighted by Gasteiger charge is 2.12. The van der Waals surface area contributed by atoms with Crippen molar-refractivity contribution in [1.82, 2.24) is 5.32 Å². The summed E-state index contributed by atoms with van der Waals surface area (Å²) < 4.78 is 0. The minimum atomic E-state index is -0.138. The van der Waals surface area contributed by atoms with Gasteiger partial charge >= 0.3 is 0 Å². The zero-order chi connectivity index (χ0) is 5.98. The van der Waals surface area contributed by atoms with E-state index in [0.717, 1.165) is 0 Å². The Hall–Kier alpha value is -0.860. The standard InChI is InChI=1S/C5H7NO2.H2/c7-4-2-1-3-5(8)6-4;/h1-3H2,(H,6,7,8);1H. The Morgan fingerprint density at radius 3 is 2.00 bits per heavy atom. The Labute approximate surface area is 48.6 Å². The van der Waals surface area contributed by atoms with Crippen molar-refractivity contribution in [2.45, 2.75) is 19.3 Å². The molecule has 0 spiro atoms. The summed E-state index contributed by atoms with van der Waals surface area (Å²) in [6.07, 6.45) is 1.72. The lowest BCUT2D eigenvalue weighted by atomic mass is 10.1. The second-order valence-corrected chi connectivity index (χ2v) is 1.82. The van der Waals surface area contributed by atoms with Crippen molar-refractivity contribution in [3.8, 4) is 0 Å². The van der Waals surface area contributed by atoms with Crippen LogP contribution in [0.1, 0.15) is 20.7 Å². The molecule has 3 heteroatoms. The van der Waals surface area contributed by atoms with Gasteiger partial charge in [-0.1, -0.05) is 0 Å². The van der Waals surface area contributed by atoms with Gasteiger partial charge in [-0.2, -0.15) is 0 Å². The largest absolute Gasteiger partial charge is 0.296 e. The maximum atomic E-state index is 10.3. The molecule has 0 saturated carbocycles. The zero-order valence-electron chi connectivity index (χ0n) is 4.44. The lowest BCUT2D eigenvalue weighted by Crippen LogP contribution is -2.33. The summed E-state index contributed by atoms with van der Waals surface area (Å²) in [5, 5.41) is 2.20. The van der Waals surface area contributed by atoms with Gasteiger partial charge in [-0.25, -0.2) is 0 Å². The third kappa shape index (κ3) is 1.05. The third-order valence-electron chi connectivity index (χ3n) is 1.09. The number of rotatable bonds is 0. The van der Waals surface area contributed by atoms with Crippen LogP contribution in [-0.2, 0) is 9.59 Å². The van der Waals surface area contributed by atoms with Crippen LogP contribution in [0, 0.1) is 0 Å². The molecule has 0 aromatic carbocycles. The van der Waals surface area contributed by atoms with Gasteiger partial charge in [0.2, 0.25) is 11.8 Å². The SMILES string of the molecule is O=C1CCCC(=O)N1.[HH]. The van der Waals surface area contributed by atoms with E-state index in [9.17, 15) is 9.59 Å². The molecule has 0 atom stereocenters. The van der Waals surface area contributed by atoms with Gasteiger partial charge < -0.3 is 0 Å². The highest BCUT2D eigenvalue weighted by molar-refractivity contribution is 5.97. The fraction of sp³-hybridized carbons (Fsp3) is 0.600. The number of carbonyl (C=O) groups excluding carboxylic acids is 2. The van der Waals surface area contributed by atoms with Crippen molar-refractivity contribution in [3.05, 3.63) is 0 Å². The van der Waals surface area contributed by atoms with E-state index in [1.807, 2.05) is 0 Å². The van der Waals surface area contributed by atoms with Gasteiger partial charge in [0.25, 0.3) is 0 Å². The highest BCUT2D eigenvalue weighted by atomic mass is 16.2. The average Bonchev–Trinajstić information content (AvgIpc) is 1.64. The van der Waals surface area contributed by atoms with E-state index in [-0.39, 0.29) is 13.2 Å². The average molecular weight is 115 g/mol. The minimum Gasteiger partial charge on any atom is -0.296 e. The van der Waals surface area contributed by atoms with Gasteiger partial charge in [0.05, 0.1) is 0 Å². The van der Waals surface area contributed by atoms with E-state index in [1.165, 1.54) is 0 Å². The maximum Gasteiger partial charge on any atom is 0.226 e. The van der Waals surface area contributed by atoms with Crippen molar-refractivity contribution in [2.24, 2.45) is 0 Å². The molecule has 1 fully saturated rings. The quantitative estimate of drug-likeness (QED) is 0.454. The van der Waals surface area contributed by atoms with Gasteiger partial charge in [-0.15, -0.1) is 0 Å². The molecule has 0 bridgehead atoms. The van der Waals surface area contributed by atoms with Gasteiger partial charge in [-0.3, -0.25) is 14.9 Å². The Bertz CT molecular complexity index is 121. The molecule has 1 saturated heterocycles. The van der Waals surface area contributed by atoms with Crippen molar-refractivity contribution in [3.63, 3.8) is 0 Å². The molecule has 8 heavy (non-hydrogen) atoms. The van der Waals surface area contributed by atoms with E-state index in [1.54, 1.807) is 0 Å². The molecule has 0 unspecified atom stereocenters. The van der Waals surface area contributed by atoms with Crippen molar-refractivity contribution < 1.29 is 11.0 Å². The Morgan fingerprint density at radius 2 is 1.75 bits per heavy atom. The molecule has 3 nitrogen and oxygen atoms in total. The number of amides is 2. The molecular weight excluding hydrogens is 106 g/mol. The van der Waals surface area contributed by atoms with Crippen molar-refractivity contribution in [2.75, 3.05) is 0 Å². The van der Waals surface area contributed by atoms with Crippen LogP contribution in [0.4, 0.5) is 0 Å². The maximum absolute atomic E-state index is 10.3. The summed E-state index contributed by atoms with van der Waals surface area (Å²) in [5.74, 6) is -0.275. The Morgan fingerprint density at radius 1 is 1.25 bits per heavy atom. The minimum absolute atomic E-state index is 0. The van der Waals surface area contributed by atoms with Crippen LogP contribution in [0.15, 0.2) is 0 Å². The smallest absolute Gasteiger partial charge is 0.226 e. The summed E-state index contributed by atoms with van der Waals surface area (Å²) in [7, 11) is 0. The molecule has 1 aliphatic rings. The van der Waals surface area contributed by atoms with Crippen molar-refractivity contribution in [1.29, 1.82) is 0 Å². The first kappa shape index (κ1) is 5.28. The fourth-order valence-electron chi connectivity index (χ4n) is 0.690. The molecule has 1 rings (SSSR count). The van der Waals surface area contributed by atoms with E-state index >= 15 is 0 Å². The Kier molecular flexibility index (Phi) is 1.28. The molecule has 2 amide bonds. The van der Waals surface area contributed by atoms with Crippen LogP contribution in [0.25, 0.3) is 0 Å². The molecule has 0 aromatic rings. The van der Waals surface area contributed by atoms with Gasteiger partial charge in [0.15, 0.2) is 0 Å². The number of carbonyl (C=O) groups is 2. The predicted molar refractivity (Wildman–Crippen MR) is 29.1 cm³/mol. The molecule has 1 heterocycles. The van der Waals surface area contributed by atoms with Crippen LogP contribution in [-0.4, -0.2) is 11.8 Å². The van der Waals surface area contributed by atoms with Crippen LogP contribution >= 0.6 is 0 Å². The number of hydrogen-bond donors (Lipinski definition) is 1. The first-order valence-corrected chi connectivity index (χ1v) is 2.62. The predicted octanol–water partition coefficient (Wildman–Crippen LogP) is 0.0591. The molecular formula is C5H9NO2. The first-order chi connectivity index (χ1) is 3.79. The molecule has 0 radical (unpaired) electrons. The van der Waals surface area contributed by atoms with Crippen LogP contribution < -0.4 is 5.32 Å². The number of hydrogen-bond acceptors (Lipinski definition) is 2. The van der Waals surface area contributed by atoms with Gasteiger partial charge in [0.1, 0.15) is 0 Å². The lowest BCUT2D eigenvalue weighted by molar-refractivity contribution is -0.132. The molecule has 0 aromatic heterocycles. The normalized spacial score (nSPS) is 20.5. The summed E-state index contributed by atoms with van der Waals surface area (Å²) in [6, 6.07) is 0. The zero-order valence-corrected chi connectivity index (χ0v) is 4.44. The van der Waals surface area contributed by atoms with Crippen LogP contribution in [0.3, 0.4) is 0 Å². The second-order valence-electron chi connectivity index (χ2n) is 1.82. The first-order valence-electron chi connectivity index (χ1n) is 2.62. The summed E-state index contributed by atoms with van der Waals surface area (Å²) in [5.41, 5.74) is 0. The molecule has 46 valence electrons. The topological polar surface area (TPSA) is 46.2 Å². The summed E-state index contributed by atoms with van der Waals surface area (Å²) in [4.78, 5) is 20.7. The van der Waals surface area contributed by atoms with Crippen LogP contribution in [0.2, 0.25) is 0 Å². The molecule has 1 aliphatic heterocycles. The van der Waals surface area contributed by atoms with Crippen molar-refractivity contribution >= 4 is 11.8 Å². The molecule has 1 N–H and O–H groups in total.